The number of nitrogens with zero attached hydrogens (tertiary/aromatic N) is 2. The standard InChI is InChI=1S/C8H17N2/c1-9-5-8-10-6-3-2-4-7-10/h2-8H2,1H3/q-1. The lowest BCUT2D eigenvalue weighted by Gasteiger charge is -2.28. The van der Waals surface area contributed by atoms with E-state index in [0.29, 0.717) is 0 Å². The summed E-state index contributed by atoms with van der Waals surface area (Å²) < 4.78 is 0. The van der Waals surface area contributed by atoms with Crippen molar-refractivity contribution in [2.24, 2.45) is 0 Å². The van der Waals surface area contributed by atoms with Crippen LogP contribution in [0.15, 0.2) is 0 Å². The van der Waals surface area contributed by atoms with Gasteiger partial charge >= 0.3 is 0 Å². The number of likely N-dealkylation sites (tertiary alicyclic amines) is 1. The van der Waals surface area contributed by atoms with E-state index >= 15 is 0 Å². The molecule has 0 saturated carbocycles. The van der Waals surface area contributed by atoms with Crippen LogP contribution in [-0.4, -0.2) is 38.1 Å². The minimum atomic E-state index is 1.01. The Morgan fingerprint density at radius 2 is 1.90 bits per heavy atom. The summed E-state index contributed by atoms with van der Waals surface area (Å²) in [6.07, 6.45) is 4.22. The molecule has 0 radical (unpaired) electrons. The largest absolute Gasteiger partial charge is 0.664 e. The first-order valence-corrected chi connectivity index (χ1v) is 4.21. The third kappa shape index (κ3) is 2.67. The highest BCUT2D eigenvalue weighted by Gasteiger charge is 2.06. The molecule has 60 valence electrons. The third-order valence-electron chi connectivity index (χ3n) is 2.09. The normalized spacial score (nSPS) is 21.3. The van der Waals surface area contributed by atoms with Crippen molar-refractivity contribution in [3.8, 4) is 0 Å². The van der Waals surface area contributed by atoms with Crippen LogP contribution in [-0.2, 0) is 0 Å². The van der Waals surface area contributed by atoms with E-state index in [1.54, 1.807) is 0 Å². The Hall–Kier alpha value is -0.0800. The molecule has 10 heavy (non-hydrogen) atoms. The van der Waals surface area contributed by atoms with Gasteiger partial charge in [-0.1, -0.05) is 6.42 Å². The van der Waals surface area contributed by atoms with Crippen molar-refractivity contribution in [3.63, 3.8) is 0 Å². The second kappa shape index (κ2) is 4.69. The van der Waals surface area contributed by atoms with Crippen molar-refractivity contribution in [2.45, 2.75) is 19.3 Å². The average molecular weight is 141 g/mol. The predicted octanol–water partition coefficient (Wildman–Crippen LogP) is 1.48. The van der Waals surface area contributed by atoms with E-state index in [0.717, 1.165) is 6.54 Å². The summed E-state index contributed by atoms with van der Waals surface area (Å²) in [5, 5.41) is 4.09. The summed E-state index contributed by atoms with van der Waals surface area (Å²) in [4.78, 5) is 2.51. The Balaban J connectivity index is 2.02. The van der Waals surface area contributed by atoms with E-state index in [1.165, 1.54) is 38.9 Å². The molecule has 0 bridgehead atoms. The number of piperidine rings is 1. The predicted molar refractivity (Wildman–Crippen MR) is 44.4 cm³/mol. The van der Waals surface area contributed by atoms with Crippen molar-refractivity contribution >= 4 is 0 Å². The molecule has 0 N–H and O–H groups in total. The van der Waals surface area contributed by atoms with Crippen molar-refractivity contribution in [1.82, 2.24) is 4.90 Å². The molecule has 1 saturated heterocycles. The summed E-state index contributed by atoms with van der Waals surface area (Å²) >= 11 is 0. The summed E-state index contributed by atoms with van der Waals surface area (Å²) in [7, 11) is 1.89. The van der Waals surface area contributed by atoms with Crippen LogP contribution < -0.4 is 0 Å². The van der Waals surface area contributed by atoms with Gasteiger partial charge in [-0.25, -0.2) is 0 Å². The van der Waals surface area contributed by atoms with Crippen LogP contribution in [0.1, 0.15) is 19.3 Å². The van der Waals surface area contributed by atoms with E-state index in [-0.39, 0.29) is 0 Å². The highest BCUT2D eigenvalue weighted by Crippen LogP contribution is 2.07. The Kier molecular flexibility index (Phi) is 3.76. The van der Waals surface area contributed by atoms with Crippen LogP contribution >= 0.6 is 0 Å². The third-order valence-corrected chi connectivity index (χ3v) is 2.09. The quantitative estimate of drug-likeness (QED) is 0.582. The zero-order valence-electron chi connectivity index (χ0n) is 6.84. The molecular formula is C8H17N2-. The molecule has 0 aromatic carbocycles. The zero-order valence-corrected chi connectivity index (χ0v) is 6.84. The van der Waals surface area contributed by atoms with Crippen molar-refractivity contribution in [1.29, 1.82) is 0 Å². The Bertz CT molecular complexity index is 77.3. The molecule has 1 fully saturated rings. The van der Waals surface area contributed by atoms with Gasteiger partial charge in [-0.05, 0) is 32.5 Å². The first-order chi connectivity index (χ1) is 4.93. The second-order valence-corrected chi connectivity index (χ2v) is 2.94. The lowest BCUT2D eigenvalue weighted by Crippen LogP contribution is -2.31. The van der Waals surface area contributed by atoms with Crippen LogP contribution in [0.5, 0.6) is 0 Å². The number of hydrogen-bond donors (Lipinski definition) is 0. The van der Waals surface area contributed by atoms with Crippen LogP contribution in [0.2, 0.25) is 0 Å². The molecule has 0 aromatic rings. The van der Waals surface area contributed by atoms with Gasteiger partial charge in [0.2, 0.25) is 0 Å². The first kappa shape index (κ1) is 8.02. The van der Waals surface area contributed by atoms with Crippen molar-refractivity contribution in [3.05, 3.63) is 5.32 Å². The molecule has 0 atom stereocenters. The van der Waals surface area contributed by atoms with Gasteiger partial charge in [0.1, 0.15) is 0 Å². The highest BCUT2D eigenvalue weighted by atomic mass is 15.1. The summed E-state index contributed by atoms with van der Waals surface area (Å²) in [5.74, 6) is 0. The summed E-state index contributed by atoms with van der Waals surface area (Å²) in [6, 6.07) is 0. The van der Waals surface area contributed by atoms with Gasteiger partial charge in [-0.2, -0.15) is 7.05 Å². The molecule has 0 amide bonds. The Morgan fingerprint density at radius 1 is 1.20 bits per heavy atom. The summed E-state index contributed by atoms with van der Waals surface area (Å²) in [5.41, 5.74) is 0. The Labute approximate surface area is 63.6 Å². The van der Waals surface area contributed by atoms with Crippen molar-refractivity contribution < 1.29 is 0 Å². The molecule has 0 unspecified atom stereocenters. The van der Waals surface area contributed by atoms with Crippen LogP contribution in [0.25, 0.3) is 5.32 Å². The van der Waals surface area contributed by atoms with Gasteiger partial charge < -0.3 is 10.2 Å². The zero-order chi connectivity index (χ0) is 7.23. The highest BCUT2D eigenvalue weighted by molar-refractivity contribution is 4.74. The van der Waals surface area contributed by atoms with Gasteiger partial charge in [0.05, 0.1) is 0 Å². The molecular weight excluding hydrogens is 124 g/mol. The van der Waals surface area contributed by atoms with E-state index < -0.39 is 0 Å². The number of likely N-dealkylation sites (N-methyl/N-ethyl adjacent to an activating group) is 1. The van der Waals surface area contributed by atoms with Gasteiger partial charge in [-0.3, -0.25) is 0 Å². The van der Waals surface area contributed by atoms with E-state index in [1.807, 2.05) is 7.05 Å². The maximum absolute atomic E-state index is 4.09. The van der Waals surface area contributed by atoms with Crippen molar-refractivity contribution in [2.75, 3.05) is 33.2 Å². The SMILES string of the molecule is C[N-]CCN1CCCCC1. The minimum absolute atomic E-state index is 1.01. The van der Waals surface area contributed by atoms with Gasteiger partial charge in [0, 0.05) is 0 Å². The lowest BCUT2D eigenvalue weighted by molar-refractivity contribution is 0.238. The molecule has 2 nitrogen and oxygen atoms in total. The fraction of sp³-hybridized carbons (Fsp3) is 1.00. The second-order valence-electron chi connectivity index (χ2n) is 2.94. The van der Waals surface area contributed by atoms with Gasteiger partial charge in [-0.15, -0.1) is 6.54 Å². The van der Waals surface area contributed by atoms with Gasteiger partial charge in [0.15, 0.2) is 0 Å². The molecule has 1 aliphatic rings. The van der Waals surface area contributed by atoms with E-state index in [4.69, 9.17) is 0 Å². The monoisotopic (exact) mass is 141 g/mol. The molecule has 1 heterocycles. The maximum atomic E-state index is 4.09. The molecule has 0 aromatic heterocycles. The van der Waals surface area contributed by atoms with Crippen LogP contribution in [0, 0.1) is 0 Å². The average Bonchev–Trinajstić information content (AvgIpc) is 2.03. The maximum Gasteiger partial charge on any atom is -0.00194 e. The summed E-state index contributed by atoms with van der Waals surface area (Å²) in [6.45, 7) is 4.79. The smallest absolute Gasteiger partial charge is 0.00194 e. The molecule has 1 rings (SSSR count). The minimum Gasteiger partial charge on any atom is -0.664 e. The van der Waals surface area contributed by atoms with Crippen LogP contribution in [0.4, 0.5) is 0 Å². The molecule has 0 spiro atoms. The fourth-order valence-corrected chi connectivity index (χ4v) is 1.42. The Morgan fingerprint density at radius 3 is 2.50 bits per heavy atom. The molecule has 1 aliphatic heterocycles. The molecule has 0 aliphatic carbocycles. The topological polar surface area (TPSA) is 17.3 Å². The fourth-order valence-electron chi connectivity index (χ4n) is 1.42. The van der Waals surface area contributed by atoms with Crippen LogP contribution in [0.3, 0.4) is 0 Å². The van der Waals surface area contributed by atoms with Gasteiger partial charge in [0.25, 0.3) is 0 Å². The number of hydrogen-bond acceptors (Lipinski definition) is 1. The number of rotatable bonds is 3. The molecule has 2 heteroatoms. The first-order valence-electron chi connectivity index (χ1n) is 4.21. The lowest BCUT2D eigenvalue weighted by atomic mass is 10.1. The van der Waals surface area contributed by atoms with E-state index in [9.17, 15) is 0 Å². The van der Waals surface area contributed by atoms with E-state index in [2.05, 4.69) is 10.2 Å².